The summed E-state index contributed by atoms with van der Waals surface area (Å²) in [6.45, 7) is 5.38. The Labute approximate surface area is 89.4 Å². The van der Waals surface area contributed by atoms with Gasteiger partial charge in [0.15, 0.2) is 0 Å². The van der Waals surface area contributed by atoms with Gasteiger partial charge in [-0.15, -0.1) is 0 Å². The van der Waals surface area contributed by atoms with Crippen LogP contribution in [0, 0.1) is 12.8 Å². The van der Waals surface area contributed by atoms with Gasteiger partial charge in [0.25, 0.3) is 0 Å². The maximum absolute atomic E-state index is 5.64. The second-order valence-electron chi connectivity index (χ2n) is 4.05. The van der Waals surface area contributed by atoms with Gasteiger partial charge in [-0.1, -0.05) is 6.92 Å². The van der Waals surface area contributed by atoms with Crippen molar-refractivity contribution in [1.82, 2.24) is 5.32 Å². The van der Waals surface area contributed by atoms with E-state index in [-0.39, 0.29) is 0 Å². The van der Waals surface area contributed by atoms with Crippen molar-refractivity contribution in [3.8, 4) is 0 Å². The van der Waals surface area contributed by atoms with Crippen LogP contribution in [-0.2, 0) is 0 Å². The van der Waals surface area contributed by atoms with E-state index in [2.05, 4.69) is 18.3 Å². The summed E-state index contributed by atoms with van der Waals surface area (Å²) in [6, 6.07) is 4.53. The number of furan rings is 1. The molecule has 2 heterocycles. The first kappa shape index (κ1) is 10.1. The Morgan fingerprint density at radius 1 is 1.43 bits per heavy atom. The smallest absolute Gasteiger partial charge is 0.121 e. The lowest BCUT2D eigenvalue weighted by Crippen LogP contribution is -2.25. The Morgan fingerprint density at radius 2 is 2.29 bits per heavy atom. The molecule has 1 saturated heterocycles. The van der Waals surface area contributed by atoms with Gasteiger partial charge in [-0.25, -0.2) is 0 Å². The third-order valence-corrected chi connectivity index (χ3v) is 3.88. The minimum atomic E-state index is 0.402. The Balaban J connectivity index is 2.04. The molecule has 1 aromatic heterocycles. The van der Waals surface area contributed by atoms with Crippen molar-refractivity contribution in [2.75, 3.05) is 18.1 Å². The van der Waals surface area contributed by atoms with E-state index in [0.717, 1.165) is 29.7 Å². The normalized spacial score (nSPS) is 28.7. The van der Waals surface area contributed by atoms with Crippen molar-refractivity contribution < 1.29 is 4.42 Å². The molecule has 1 aliphatic rings. The summed E-state index contributed by atoms with van der Waals surface area (Å²) in [6.07, 6.45) is 0. The number of hydrogen-bond acceptors (Lipinski definition) is 3. The highest BCUT2D eigenvalue weighted by Gasteiger charge is 2.19. The van der Waals surface area contributed by atoms with Gasteiger partial charge in [-0.2, -0.15) is 11.8 Å². The lowest BCUT2D eigenvalue weighted by atomic mass is 10.2. The van der Waals surface area contributed by atoms with Crippen LogP contribution in [0.1, 0.15) is 24.5 Å². The highest BCUT2D eigenvalue weighted by molar-refractivity contribution is 7.99. The zero-order valence-electron chi connectivity index (χ0n) is 8.75. The number of rotatable bonds is 1. The molecule has 0 amide bonds. The molecule has 0 aliphatic carbocycles. The average Bonchev–Trinajstić information content (AvgIpc) is 2.46. The molecule has 0 radical (unpaired) electrons. The topological polar surface area (TPSA) is 25.2 Å². The molecular formula is C11H17NOS. The molecule has 2 nitrogen and oxygen atoms in total. The number of thioether (sulfide) groups is 1. The van der Waals surface area contributed by atoms with Crippen molar-refractivity contribution in [1.29, 1.82) is 0 Å². The van der Waals surface area contributed by atoms with Crippen molar-refractivity contribution in [2.45, 2.75) is 19.9 Å². The second kappa shape index (κ2) is 4.41. The summed E-state index contributed by atoms with van der Waals surface area (Å²) < 4.78 is 5.64. The first-order valence-electron chi connectivity index (χ1n) is 5.13. The fourth-order valence-corrected chi connectivity index (χ4v) is 2.85. The summed E-state index contributed by atoms with van der Waals surface area (Å²) in [5.41, 5.74) is 0. The summed E-state index contributed by atoms with van der Waals surface area (Å²) in [5, 5.41) is 3.55. The summed E-state index contributed by atoms with van der Waals surface area (Å²) in [5.74, 6) is 5.23. The van der Waals surface area contributed by atoms with E-state index in [0.29, 0.717) is 6.04 Å². The predicted octanol–water partition coefficient (Wildman–Crippen LogP) is 2.60. The third kappa shape index (κ3) is 2.34. The van der Waals surface area contributed by atoms with Gasteiger partial charge in [0.2, 0.25) is 0 Å². The lowest BCUT2D eigenvalue weighted by Gasteiger charge is -2.12. The molecule has 2 unspecified atom stereocenters. The van der Waals surface area contributed by atoms with E-state index >= 15 is 0 Å². The van der Waals surface area contributed by atoms with E-state index < -0.39 is 0 Å². The second-order valence-corrected chi connectivity index (χ2v) is 5.13. The Bertz CT molecular complexity index is 297. The number of hydrogen-bond donors (Lipinski definition) is 1. The van der Waals surface area contributed by atoms with Gasteiger partial charge in [0, 0.05) is 5.75 Å². The van der Waals surface area contributed by atoms with E-state index in [1.807, 2.05) is 24.8 Å². The van der Waals surface area contributed by atoms with Crippen LogP contribution in [0.5, 0.6) is 0 Å². The van der Waals surface area contributed by atoms with Crippen LogP contribution in [0.25, 0.3) is 0 Å². The molecule has 3 heteroatoms. The maximum atomic E-state index is 5.64. The zero-order chi connectivity index (χ0) is 9.97. The van der Waals surface area contributed by atoms with E-state index in [4.69, 9.17) is 4.42 Å². The predicted molar refractivity (Wildman–Crippen MR) is 60.7 cm³/mol. The Kier molecular flexibility index (Phi) is 3.19. The van der Waals surface area contributed by atoms with Crippen LogP contribution in [0.15, 0.2) is 16.5 Å². The zero-order valence-corrected chi connectivity index (χ0v) is 9.56. The molecule has 78 valence electrons. The third-order valence-electron chi connectivity index (χ3n) is 2.50. The molecule has 1 N–H and O–H groups in total. The van der Waals surface area contributed by atoms with Crippen molar-refractivity contribution in [3.05, 3.63) is 23.7 Å². The molecule has 1 fully saturated rings. The van der Waals surface area contributed by atoms with Crippen molar-refractivity contribution in [3.63, 3.8) is 0 Å². The van der Waals surface area contributed by atoms with Crippen LogP contribution >= 0.6 is 11.8 Å². The molecule has 0 aromatic carbocycles. The lowest BCUT2D eigenvalue weighted by molar-refractivity contribution is 0.410. The van der Waals surface area contributed by atoms with Gasteiger partial charge in [0.05, 0.1) is 6.04 Å². The minimum Gasteiger partial charge on any atom is -0.465 e. The van der Waals surface area contributed by atoms with Crippen LogP contribution in [0.3, 0.4) is 0 Å². The maximum Gasteiger partial charge on any atom is 0.121 e. The minimum absolute atomic E-state index is 0.402. The summed E-state index contributed by atoms with van der Waals surface area (Å²) in [7, 11) is 0. The monoisotopic (exact) mass is 211 g/mol. The van der Waals surface area contributed by atoms with Crippen LogP contribution in [0.2, 0.25) is 0 Å². The van der Waals surface area contributed by atoms with E-state index in [9.17, 15) is 0 Å². The van der Waals surface area contributed by atoms with E-state index in [1.165, 1.54) is 5.75 Å². The number of nitrogens with one attached hydrogen (secondary N) is 1. The molecule has 0 bridgehead atoms. The van der Waals surface area contributed by atoms with Crippen LogP contribution in [-0.4, -0.2) is 18.1 Å². The highest BCUT2D eigenvalue weighted by atomic mass is 32.2. The molecule has 2 rings (SSSR count). The van der Waals surface area contributed by atoms with Gasteiger partial charge in [-0.3, -0.25) is 0 Å². The Morgan fingerprint density at radius 3 is 3.00 bits per heavy atom. The SMILES string of the molecule is Cc1ccc(C2CSCC(C)CN2)o1. The molecule has 0 spiro atoms. The largest absolute Gasteiger partial charge is 0.465 e. The van der Waals surface area contributed by atoms with Crippen LogP contribution in [0.4, 0.5) is 0 Å². The molecule has 0 saturated carbocycles. The highest BCUT2D eigenvalue weighted by Crippen LogP contribution is 2.24. The van der Waals surface area contributed by atoms with E-state index in [1.54, 1.807) is 0 Å². The molecule has 1 aromatic rings. The summed E-state index contributed by atoms with van der Waals surface area (Å²) in [4.78, 5) is 0. The first-order valence-corrected chi connectivity index (χ1v) is 6.28. The van der Waals surface area contributed by atoms with Gasteiger partial charge in [-0.05, 0) is 37.3 Å². The van der Waals surface area contributed by atoms with Gasteiger partial charge in [0.1, 0.15) is 11.5 Å². The number of aryl methyl sites for hydroxylation is 1. The quantitative estimate of drug-likeness (QED) is 0.773. The van der Waals surface area contributed by atoms with Crippen molar-refractivity contribution in [2.24, 2.45) is 5.92 Å². The standard InChI is InChI=1S/C11H17NOS/c1-8-5-12-10(7-14-6-8)11-4-3-9(2)13-11/h3-4,8,10,12H,5-7H2,1-2H3. The molecule has 14 heavy (non-hydrogen) atoms. The van der Waals surface area contributed by atoms with Gasteiger partial charge < -0.3 is 9.73 Å². The molecular weight excluding hydrogens is 194 g/mol. The summed E-state index contributed by atoms with van der Waals surface area (Å²) >= 11 is 2.01. The average molecular weight is 211 g/mol. The van der Waals surface area contributed by atoms with Crippen molar-refractivity contribution >= 4 is 11.8 Å². The van der Waals surface area contributed by atoms with Gasteiger partial charge >= 0.3 is 0 Å². The fourth-order valence-electron chi connectivity index (χ4n) is 1.67. The fraction of sp³-hybridized carbons (Fsp3) is 0.636. The first-order chi connectivity index (χ1) is 6.75. The van der Waals surface area contributed by atoms with Crippen LogP contribution < -0.4 is 5.32 Å². The Hall–Kier alpha value is -0.410. The molecule has 2 atom stereocenters. The molecule has 1 aliphatic heterocycles.